The van der Waals surface area contributed by atoms with Gasteiger partial charge in [0.1, 0.15) is 5.38 Å². The van der Waals surface area contributed by atoms with Crippen molar-refractivity contribution in [3.05, 3.63) is 23.9 Å². The Kier molecular flexibility index (Phi) is 2.64. The summed E-state index contributed by atoms with van der Waals surface area (Å²) in [5.74, 6) is 0.280. The summed E-state index contributed by atoms with van der Waals surface area (Å²) < 4.78 is 0. The van der Waals surface area contributed by atoms with E-state index in [2.05, 4.69) is 20.5 Å². The fourth-order valence-electron chi connectivity index (χ4n) is 1.24. The molecule has 0 aromatic carbocycles. The van der Waals surface area contributed by atoms with Gasteiger partial charge in [0.05, 0.1) is 0 Å². The summed E-state index contributed by atoms with van der Waals surface area (Å²) in [7, 11) is 0. The van der Waals surface area contributed by atoms with Crippen molar-refractivity contribution in [3.8, 4) is 0 Å². The molecule has 1 amide bonds. The second-order valence-electron chi connectivity index (χ2n) is 3.16. The average Bonchev–Trinajstić information content (AvgIpc) is 2.62. The van der Waals surface area contributed by atoms with E-state index in [4.69, 9.17) is 11.6 Å². The van der Waals surface area contributed by atoms with Crippen molar-refractivity contribution in [1.29, 1.82) is 0 Å². The molecule has 0 unspecified atom stereocenters. The Morgan fingerprint density at radius 1 is 1.67 bits per heavy atom. The van der Waals surface area contributed by atoms with Gasteiger partial charge in [0, 0.05) is 11.8 Å². The minimum atomic E-state index is -0.582. The van der Waals surface area contributed by atoms with Crippen molar-refractivity contribution in [1.82, 2.24) is 10.3 Å². The van der Waals surface area contributed by atoms with E-state index < -0.39 is 11.5 Å². The number of pyridine rings is 1. The zero-order valence-corrected chi connectivity index (χ0v) is 8.77. The number of aromatic nitrogens is 1. The molecule has 2 atom stereocenters. The molecule has 0 aliphatic carbocycles. The highest BCUT2D eigenvalue weighted by molar-refractivity contribution is 6.30. The van der Waals surface area contributed by atoms with Gasteiger partial charge in [-0.3, -0.25) is 4.79 Å². The van der Waals surface area contributed by atoms with E-state index in [-0.39, 0.29) is 5.91 Å². The number of nitrogens with zero attached hydrogens (tertiary/aromatic N) is 3. The SMILES string of the molecule is C[C@H](Cl)C(=O)N[C@H]1N=Nc2ncccc21. The first-order chi connectivity index (χ1) is 7.18. The Morgan fingerprint density at radius 3 is 3.20 bits per heavy atom. The molecule has 0 radical (unpaired) electrons. The normalized spacial score (nSPS) is 19.7. The number of amides is 1. The van der Waals surface area contributed by atoms with Crippen molar-refractivity contribution < 1.29 is 4.79 Å². The molecule has 2 rings (SSSR count). The van der Waals surface area contributed by atoms with E-state index in [1.165, 1.54) is 0 Å². The molecular formula is C9H9ClN4O. The van der Waals surface area contributed by atoms with E-state index in [9.17, 15) is 4.79 Å². The van der Waals surface area contributed by atoms with Gasteiger partial charge >= 0.3 is 0 Å². The van der Waals surface area contributed by atoms with Crippen LogP contribution in [0.25, 0.3) is 0 Å². The van der Waals surface area contributed by atoms with Gasteiger partial charge in [-0.05, 0) is 19.1 Å². The van der Waals surface area contributed by atoms with E-state index in [0.717, 1.165) is 5.56 Å². The summed E-state index contributed by atoms with van der Waals surface area (Å²) in [6, 6.07) is 3.60. The highest BCUT2D eigenvalue weighted by Gasteiger charge is 2.23. The molecule has 1 aliphatic heterocycles. The zero-order chi connectivity index (χ0) is 10.8. The standard InChI is InChI=1S/C9H9ClN4O/c1-5(10)9(15)12-8-6-3-2-4-11-7(6)13-14-8/h2-5,8H,1H3,(H,12,15)/t5-,8-/m0/s1. The maximum absolute atomic E-state index is 11.3. The van der Waals surface area contributed by atoms with Crippen LogP contribution in [0.15, 0.2) is 28.6 Å². The number of azo groups is 1. The second kappa shape index (κ2) is 3.94. The molecule has 78 valence electrons. The summed E-state index contributed by atoms with van der Waals surface area (Å²) in [6.45, 7) is 1.60. The van der Waals surface area contributed by atoms with Crippen LogP contribution in [-0.2, 0) is 4.79 Å². The molecule has 1 aliphatic rings. The summed E-state index contributed by atoms with van der Waals surface area (Å²) >= 11 is 5.63. The molecule has 0 spiro atoms. The van der Waals surface area contributed by atoms with E-state index in [1.807, 2.05) is 6.07 Å². The molecule has 15 heavy (non-hydrogen) atoms. The number of hydrogen-bond acceptors (Lipinski definition) is 4. The van der Waals surface area contributed by atoms with Crippen molar-refractivity contribution in [2.75, 3.05) is 0 Å². The molecule has 1 N–H and O–H groups in total. The van der Waals surface area contributed by atoms with Crippen molar-refractivity contribution in [2.24, 2.45) is 10.2 Å². The molecule has 0 fully saturated rings. The van der Waals surface area contributed by atoms with Gasteiger partial charge in [-0.15, -0.1) is 16.7 Å². The Labute approximate surface area is 91.6 Å². The van der Waals surface area contributed by atoms with Crippen LogP contribution in [0.4, 0.5) is 5.82 Å². The lowest BCUT2D eigenvalue weighted by molar-refractivity contribution is -0.121. The lowest BCUT2D eigenvalue weighted by atomic mass is 10.2. The zero-order valence-electron chi connectivity index (χ0n) is 8.01. The summed E-state index contributed by atoms with van der Waals surface area (Å²) in [6.07, 6.45) is 1.18. The number of carbonyl (C=O) groups is 1. The molecule has 5 nitrogen and oxygen atoms in total. The number of fused-ring (bicyclic) bond motifs is 1. The van der Waals surface area contributed by atoms with Crippen LogP contribution in [-0.4, -0.2) is 16.3 Å². The first-order valence-electron chi connectivity index (χ1n) is 4.48. The van der Waals surface area contributed by atoms with Crippen LogP contribution in [0.5, 0.6) is 0 Å². The minimum absolute atomic E-state index is 0.266. The average molecular weight is 225 g/mol. The number of alkyl halides is 1. The largest absolute Gasteiger partial charge is 0.328 e. The minimum Gasteiger partial charge on any atom is -0.328 e. The maximum atomic E-state index is 11.3. The van der Waals surface area contributed by atoms with Crippen LogP contribution in [0.2, 0.25) is 0 Å². The number of nitrogens with one attached hydrogen (secondary N) is 1. The van der Waals surface area contributed by atoms with Crippen LogP contribution < -0.4 is 5.32 Å². The quantitative estimate of drug-likeness (QED) is 0.780. The Hall–Kier alpha value is -1.49. The number of carbonyl (C=O) groups excluding carboxylic acids is 1. The third kappa shape index (κ3) is 1.97. The number of rotatable bonds is 2. The van der Waals surface area contributed by atoms with Gasteiger partial charge in [-0.1, -0.05) is 0 Å². The van der Waals surface area contributed by atoms with Crippen LogP contribution in [0.3, 0.4) is 0 Å². The van der Waals surface area contributed by atoms with Gasteiger partial charge < -0.3 is 5.32 Å². The fraction of sp³-hybridized carbons (Fsp3) is 0.333. The fourth-order valence-corrected chi connectivity index (χ4v) is 1.30. The third-order valence-electron chi connectivity index (χ3n) is 2.02. The van der Waals surface area contributed by atoms with E-state index in [0.29, 0.717) is 5.82 Å². The Morgan fingerprint density at radius 2 is 2.47 bits per heavy atom. The lowest BCUT2D eigenvalue weighted by Gasteiger charge is -2.10. The van der Waals surface area contributed by atoms with Crippen LogP contribution in [0, 0.1) is 0 Å². The summed E-state index contributed by atoms with van der Waals surface area (Å²) in [5.41, 5.74) is 0.795. The Bertz CT molecular complexity index is 418. The molecule has 0 saturated carbocycles. The summed E-state index contributed by atoms with van der Waals surface area (Å²) in [5, 5.41) is 9.83. The molecule has 0 saturated heterocycles. The molecule has 0 bridgehead atoms. The van der Waals surface area contributed by atoms with Crippen molar-refractivity contribution in [3.63, 3.8) is 0 Å². The maximum Gasteiger partial charge on any atom is 0.239 e. The molecule has 1 aromatic rings. The van der Waals surface area contributed by atoms with Crippen molar-refractivity contribution in [2.45, 2.75) is 18.5 Å². The highest BCUT2D eigenvalue weighted by Crippen LogP contribution is 2.31. The monoisotopic (exact) mass is 224 g/mol. The third-order valence-corrected chi connectivity index (χ3v) is 2.22. The Balaban J connectivity index is 2.15. The lowest BCUT2D eigenvalue weighted by Crippen LogP contribution is -2.31. The first-order valence-corrected chi connectivity index (χ1v) is 4.92. The van der Waals surface area contributed by atoms with Crippen LogP contribution in [0.1, 0.15) is 18.7 Å². The summed E-state index contributed by atoms with van der Waals surface area (Å²) in [4.78, 5) is 15.4. The first kappa shape index (κ1) is 10.0. The van der Waals surface area contributed by atoms with Gasteiger partial charge in [0.2, 0.25) is 5.91 Å². The van der Waals surface area contributed by atoms with Gasteiger partial charge in [0.25, 0.3) is 0 Å². The van der Waals surface area contributed by atoms with E-state index >= 15 is 0 Å². The number of halogens is 1. The molecule has 1 aromatic heterocycles. The van der Waals surface area contributed by atoms with E-state index in [1.54, 1.807) is 19.2 Å². The molecule has 6 heteroatoms. The molecule has 2 heterocycles. The van der Waals surface area contributed by atoms with Gasteiger partial charge in [-0.25, -0.2) is 4.98 Å². The number of hydrogen-bond donors (Lipinski definition) is 1. The van der Waals surface area contributed by atoms with Gasteiger partial charge in [0.15, 0.2) is 12.0 Å². The smallest absolute Gasteiger partial charge is 0.239 e. The van der Waals surface area contributed by atoms with Crippen LogP contribution >= 0.6 is 11.6 Å². The topological polar surface area (TPSA) is 66.7 Å². The van der Waals surface area contributed by atoms with Crippen molar-refractivity contribution >= 4 is 23.3 Å². The predicted octanol–water partition coefficient (Wildman–Crippen LogP) is 1.92. The second-order valence-corrected chi connectivity index (χ2v) is 3.81. The predicted molar refractivity (Wildman–Crippen MR) is 55.0 cm³/mol. The highest BCUT2D eigenvalue weighted by atomic mass is 35.5. The van der Waals surface area contributed by atoms with Gasteiger partial charge in [-0.2, -0.15) is 5.11 Å². The molecular weight excluding hydrogens is 216 g/mol.